The summed E-state index contributed by atoms with van der Waals surface area (Å²) in [7, 11) is 0. The van der Waals surface area contributed by atoms with Crippen molar-refractivity contribution in [3.05, 3.63) is 118 Å². The molecule has 4 aromatic rings. The van der Waals surface area contributed by atoms with E-state index in [9.17, 15) is 0 Å². The van der Waals surface area contributed by atoms with E-state index in [2.05, 4.69) is 20.4 Å². The molecule has 197 valence electrons. The van der Waals surface area contributed by atoms with Crippen molar-refractivity contribution in [1.29, 1.82) is 0 Å². The molecule has 1 radical (unpaired) electrons. The Morgan fingerprint density at radius 3 is 1.27 bits per heavy atom. The van der Waals surface area contributed by atoms with Crippen LogP contribution >= 0.6 is 23.2 Å². The van der Waals surface area contributed by atoms with Crippen LogP contribution in [-0.4, -0.2) is 45.4 Å². The summed E-state index contributed by atoms with van der Waals surface area (Å²) in [4.78, 5) is 0. The van der Waals surface area contributed by atoms with E-state index in [0.29, 0.717) is 32.7 Å². The number of hydrogen-bond acceptors (Lipinski definition) is 8. The summed E-state index contributed by atoms with van der Waals surface area (Å²) in [6.07, 6.45) is 5.99. The zero-order valence-corrected chi connectivity index (χ0v) is 21.2. The van der Waals surface area contributed by atoms with E-state index >= 15 is 0 Å². The van der Waals surface area contributed by atoms with Crippen molar-refractivity contribution in [2.24, 2.45) is 20.4 Å². The van der Waals surface area contributed by atoms with Gasteiger partial charge in [0.25, 0.3) is 0 Å². The summed E-state index contributed by atoms with van der Waals surface area (Å²) < 4.78 is 10.1. The molecule has 0 aliphatic carbocycles. The average molecular weight is 597 g/mol. The van der Waals surface area contributed by atoms with Crippen LogP contribution in [0.1, 0.15) is 22.6 Å². The predicted octanol–water partition coefficient (Wildman–Crippen LogP) is 4.52. The molecule has 0 bridgehead atoms. The Morgan fingerprint density at radius 1 is 0.622 bits per heavy atom. The number of hydrogen-bond donors (Lipinski definition) is 0. The topological polar surface area (TPSA) is 182 Å². The molecule has 0 saturated heterocycles. The summed E-state index contributed by atoms with van der Waals surface area (Å²) in [5.41, 5.74) is 1.32. The fourth-order valence-electron chi connectivity index (χ4n) is 2.35. The Labute approximate surface area is 232 Å². The Morgan fingerprint density at radius 2 is 0.973 bits per heavy atom. The molecule has 37 heavy (non-hydrogen) atoms. The van der Waals surface area contributed by atoms with Crippen molar-refractivity contribution < 1.29 is 47.1 Å². The molecular formula is C24H22Cl2CuN4O6+2. The van der Waals surface area contributed by atoms with Crippen LogP contribution in [0.25, 0.3) is 0 Å². The molecular weight excluding hydrogens is 575 g/mol. The van der Waals surface area contributed by atoms with Gasteiger partial charge in [-0.25, -0.2) is 0 Å². The molecule has 10 nitrogen and oxygen atoms in total. The maximum absolute atomic E-state index is 7.67. The van der Waals surface area contributed by atoms with Crippen molar-refractivity contribution in [3.8, 4) is 0 Å². The molecule has 13 heteroatoms. The number of nitrogens with zero attached hydrogens (tertiary/aromatic N) is 4. The Hall–Kier alpha value is -3.70. The molecule has 0 spiro atoms. The van der Waals surface area contributed by atoms with E-state index in [-0.39, 0.29) is 39.8 Å². The molecule has 2 aromatic carbocycles. The van der Waals surface area contributed by atoms with Crippen LogP contribution in [0.4, 0.5) is 0 Å². The van der Waals surface area contributed by atoms with Gasteiger partial charge in [0.05, 0.1) is 36.1 Å². The first-order valence-corrected chi connectivity index (χ1v) is 10.5. The van der Waals surface area contributed by atoms with Crippen LogP contribution in [0.5, 0.6) is 0 Å². The fraction of sp³-hybridized carbons (Fsp3) is 0. The number of halogens is 2. The van der Waals surface area contributed by atoms with E-state index in [0.717, 1.165) is 0 Å². The summed E-state index contributed by atoms with van der Waals surface area (Å²) in [5, 5.41) is 31.6. The molecule has 0 amide bonds. The van der Waals surface area contributed by atoms with Gasteiger partial charge in [0.15, 0.2) is 0 Å². The van der Waals surface area contributed by atoms with Crippen LogP contribution in [0.2, 0.25) is 10.0 Å². The fourth-order valence-corrected chi connectivity index (χ4v) is 2.60. The van der Waals surface area contributed by atoms with Crippen LogP contribution in [-0.2, 0) is 17.1 Å². The SMILES string of the molecule is [Cu+2].[OH-].[OH-].[OH2+]C(=NN=Cc1ccco1)c1ccc(Cl)cc1.[OH2+]C(=NN=Cc1ccco1)c1ccc(Cl)cc1. The van der Waals surface area contributed by atoms with E-state index in [4.69, 9.17) is 42.2 Å². The predicted molar refractivity (Wildman–Crippen MR) is 140 cm³/mol. The molecule has 0 aliphatic heterocycles. The summed E-state index contributed by atoms with van der Waals surface area (Å²) in [6, 6.07) is 20.7. The number of rotatable bonds is 6. The van der Waals surface area contributed by atoms with Gasteiger partial charge in [-0.3, -0.25) is 0 Å². The second-order valence-corrected chi connectivity index (χ2v) is 7.30. The number of benzene rings is 2. The minimum atomic E-state index is 0. The zero-order chi connectivity index (χ0) is 24.2. The minimum absolute atomic E-state index is 0. The van der Waals surface area contributed by atoms with Gasteiger partial charge in [0.2, 0.25) is 0 Å². The Balaban J connectivity index is 0.000000648. The summed E-state index contributed by atoms with van der Waals surface area (Å²) >= 11 is 11.5. The van der Waals surface area contributed by atoms with Gasteiger partial charge in [-0.2, -0.15) is 0 Å². The molecule has 0 aliphatic rings. The maximum Gasteiger partial charge on any atom is 2.00 e. The van der Waals surface area contributed by atoms with E-state index < -0.39 is 0 Å². The van der Waals surface area contributed by atoms with E-state index in [1.54, 1.807) is 85.3 Å². The largest absolute Gasteiger partial charge is 2.00 e. The zero-order valence-electron chi connectivity index (χ0n) is 18.8. The smallest absolute Gasteiger partial charge is 0.870 e. The Kier molecular flexibility index (Phi) is 15.9. The quantitative estimate of drug-likeness (QED) is 0.104. The molecule has 0 unspecified atom stereocenters. The second-order valence-electron chi connectivity index (χ2n) is 6.43. The third-order valence-corrected chi connectivity index (χ3v) is 4.51. The van der Waals surface area contributed by atoms with Crippen LogP contribution in [0.15, 0.2) is 115 Å². The van der Waals surface area contributed by atoms with E-state index in [1.165, 1.54) is 12.4 Å². The maximum atomic E-state index is 7.67. The molecule has 4 rings (SSSR count). The third kappa shape index (κ3) is 11.7. The molecule has 0 atom stereocenters. The summed E-state index contributed by atoms with van der Waals surface area (Å²) in [5.74, 6) is 1.34. The number of furan rings is 2. The third-order valence-electron chi connectivity index (χ3n) is 4.01. The second kappa shape index (κ2) is 17.7. The van der Waals surface area contributed by atoms with Crippen LogP contribution < -0.4 is 0 Å². The molecule has 6 N–H and O–H groups in total. The normalized spacial score (nSPS) is 11.2. The van der Waals surface area contributed by atoms with Gasteiger partial charge in [0, 0.05) is 10.0 Å². The Bertz CT molecular complexity index is 1170. The van der Waals surface area contributed by atoms with Crippen LogP contribution in [0, 0.1) is 0 Å². The van der Waals surface area contributed by atoms with Gasteiger partial charge in [-0.1, -0.05) is 33.4 Å². The standard InChI is InChI=1S/2C12H9ClN2O2.Cu.2H2O/c2*13-10-5-3-9(4-6-10)12(16)15-14-8-11-2-1-7-17-11;;;/h2*1-8H,(H,15,16);;2*1H2/q;;+2;;. The van der Waals surface area contributed by atoms with Crippen molar-refractivity contribution in [2.75, 3.05) is 0 Å². The van der Waals surface area contributed by atoms with E-state index in [1.807, 2.05) is 0 Å². The molecule has 2 aromatic heterocycles. The first-order chi connectivity index (χ1) is 16.5. The first kappa shape index (κ1) is 33.3. The van der Waals surface area contributed by atoms with Gasteiger partial charge < -0.3 is 30.0 Å². The summed E-state index contributed by atoms with van der Waals surface area (Å²) in [6.45, 7) is 0. The van der Waals surface area contributed by atoms with Crippen molar-refractivity contribution in [3.63, 3.8) is 0 Å². The van der Waals surface area contributed by atoms with Crippen LogP contribution in [0.3, 0.4) is 0 Å². The van der Waals surface area contributed by atoms with Crippen molar-refractivity contribution in [1.82, 2.24) is 0 Å². The van der Waals surface area contributed by atoms with Gasteiger partial charge in [-0.05, 0) is 72.8 Å². The molecule has 0 saturated carbocycles. The minimum Gasteiger partial charge on any atom is -0.870 e. The monoisotopic (exact) mass is 595 g/mol. The van der Waals surface area contributed by atoms with Gasteiger partial charge >= 0.3 is 28.9 Å². The molecule has 0 fully saturated rings. The molecule has 2 heterocycles. The first-order valence-electron chi connectivity index (χ1n) is 9.75. The van der Waals surface area contributed by atoms with Crippen molar-refractivity contribution >= 4 is 47.4 Å². The van der Waals surface area contributed by atoms with Crippen molar-refractivity contribution in [2.45, 2.75) is 0 Å². The van der Waals surface area contributed by atoms with Gasteiger partial charge in [-0.15, -0.1) is 10.2 Å². The van der Waals surface area contributed by atoms with Gasteiger partial charge in [0.1, 0.15) is 11.5 Å². The average Bonchev–Trinajstić information content (AvgIpc) is 3.55.